The van der Waals surface area contributed by atoms with Crippen molar-refractivity contribution >= 4 is 5.97 Å². The zero-order chi connectivity index (χ0) is 12.7. The molecule has 0 aliphatic heterocycles. The third-order valence-electron chi connectivity index (χ3n) is 3.31. The minimum absolute atomic E-state index is 0.429. The molecule has 0 unspecified atom stereocenters. The van der Waals surface area contributed by atoms with E-state index < -0.39 is 18.1 Å². The van der Waals surface area contributed by atoms with Gasteiger partial charge in [0.2, 0.25) is 0 Å². The van der Waals surface area contributed by atoms with Gasteiger partial charge in [-0.3, -0.25) is 0 Å². The summed E-state index contributed by atoms with van der Waals surface area (Å²) in [5.41, 5.74) is 8.46. The standard InChI is InChI=1S/C11H19N3O3/c1-17-11(16)10(15)9(13-14-12)7-8-5-3-2-4-6-8/h8-10,15H,2-7H2,1H3/t9-,10-/m0/s1. The van der Waals surface area contributed by atoms with Gasteiger partial charge < -0.3 is 9.84 Å². The molecule has 0 aromatic carbocycles. The van der Waals surface area contributed by atoms with Crippen LogP contribution in [0.1, 0.15) is 38.5 Å². The van der Waals surface area contributed by atoms with Gasteiger partial charge >= 0.3 is 5.97 Å². The van der Waals surface area contributed by atoms with Crippen LogP contribution in [0.2, 0.25) is 0 Å². The molecule has 0 spiro atoms. The summed E-state index contributed by atoms with van der Waals surface area (Å²) in [6, 6.07) is -0.712. The van der Waals surface area contributed by atoms with Gasteiger partial charge in [-0.25, -0.2) is 4.79 Å². The highest BCUT2D eigenvalue weighted by Gasteiger charge is 2.29. The van der Waals surface area contributed by atoms with Gasteiger partial charge in [0, 0.05) is 4.91 Å². The van der Waals surface area contributed by atoms with E-state index in [1.54, 1.807) is 0 Å². The highest BCUT2D eigenvalue weighted by atomic mass is 16.5. The van der Waals surface area contributed by atoms with E-state index in [-0.39, 0.29) is 0 Å². The van der Waals surface area contributed by atoms with Gasteiger partial charge in [-0.2, -0.15) is 0 Å². The van der Waals surface area contributed by atoms with Gasteiger partial charge in [0.25, 0.3) is 0 Å². The summed E-state index contributed by atoms with van der Waals surface area (Å²) in [6.07, 6.45) is 4.93. The first-order valence-corrected chi connectivity index (χ1v) is 5.99. The molecule has 1 rings (SSSR count). The Bertz CT molecular complexity index is 296. The van der Waals surface area contributed by atoms with Crippen LogP contribution in [0.25, 0.3) is 10.4 Å². The Kier molecular flexibility index (Phi) is 5.80. The van der Waals surface area contributed by atoms with Crippen molar-refractivity contribution in [3.05, 3.63) is 10.4 Å². The fourth-order valence-electron chi connectivity index (χ4n) is 2.35. The molecule has 1 fully saturated rings. The SMILES string of the molecule is COC(=O)[C@@H](O)[C@H](CC1CCCCC1)N=[N+]=[N-]. The summed E-state index contributed by atoms with van der Waals surface area (Å²) in [4.78, 5) is 13.9. The lowest BCUT2D eigenvalue weighted by molar-refractivity contribution is -0.151. The van der Waals surface area contributed by atoms with E-state index in [0.717, 1.165) is 12.8 Å². The molecule has 1 aliphatic rings. The summed E-state index contributed by atoms with van der Waals surface area (Å²) in [7, 11) is 1.21. The molecule has 6 nitrogen and oxygen atoms in total. The van der Waals surface area contributed by atoms with Crippen molar-refractivity contribution in [2.24, 2.45) is 11.0 Å². The van der Waals surface area contributed by atoms with Crippen LogP contribution in [0.15, 0.2) is 5.11 Å². The summed E-state index contributed by atoms with van der Waals surface area (Å²) in [5, 5.41) is 13.2. The molecular weight excluding hydrogens is 222 g/mol. The van der Waals surface area contributed by atoms with Crippen LogP contribution in [0, 0.1) is 5.92 Å². The number of nitrogens with zero attached hydrogens (tertiary/aromatic N) is 3. The number of azide groups is 1. The minimum atomic E-state index is -1.35. The first-order chi connectivity index (χ1) is 8.19. The molecule has 1 N–H and O–H groups in total. The molecule has 0 bridgehead atoms. The molecule has 0 amide bonds. The molecule has 0 aromatic rings. The van der Waals surface area contributed by atoms with E-state index in [4.69, 9.17) is 5.53 Å². The topological polar surface area (TPSA) is 95.3 Å². The Morgan fingerprint density at radius 2 is 2.18 bits per heavy atom. The van der Waals surface area contributed by atoms with E-state index >= 15 is 0 Å². The van der Waals surface area contributed by atoms with Gasteiger partial charge in [-0.1, -0.05) is 37.2 Å². The van der Waals surface area contributed by atoms with Gasteiger partial charge in [0.15, 0.2) is 6.10 Å². The van der Waals surface area contributed by atoms with E-state index in [2.05, 4.69) is 14.8 Å². The lowest BCUT2D eigenvalue weighted by Gasteiger charge is -2.25. The molecule has 1 saturated carbocycles. The largest absolute Gasteiger partial charge is 0.467 e. The van der Waals surface area contributed by atoms with Crippen molar-refractivity contribution in [1.82, 2.24) is 0 Å². The first-order valence-electron chi connectivity index (χ1n) is 5.99. The molecular formula is C11H19N3O3. The van der Waals surface area contributed by atoms with Gasteiger partial charge in [0.05, 0.1) is 13.2 Å². The van der Waals surface area contributed by atoms with Gasteiger partial charge in [0.1, 0.15) is 0 Å². The molecule has 17 heavy (non-hydrogen) atoms. The van der Waals surface area contributed by atoms with Crippen LogP contribution in [-0.2, 0) is 9.53 Å². The van der Waals surface area contributed by atoms with Crippen LogP contribution in [0.4, 0.5) is 0 Å². The van der Waals surface area contributed by atoms with Crippen LogP contribution in [0.3, 0.4) is 0 Å². The number of carbonyl (C=O) groups excluding carboxylic acids is 1. The highest BCUT2D eigenvalue weighted by Crippen LogP contribution is 2.29. The maximum Gasteiger partial charge on any atom is 0.335 e. The monoisotopic (exact) mass is 241 g/mol. The van der Waals surface area contributed by atoms with Crippen molar-refractivity contribution in [3.63, 3.8) is 0 Å². The highest BCUT2D eigenvalue weighted by molar-refractivity contribution is 5.75. The Labute approximate surface area is 101 Å². The van der Waals surface area contributed by atoms with Crippen molar-refractivity contribution in [2.75, 3.05) is 7.11 Å². The van der Waals surface area contributed by atoms with E-state index in [1.165, 1.54) is 26.4 Å². The van der Waals surface area contributed by atoms with Crippen molar-refractivity contribution < 1.29 is 14.6 Å². The third kappa shape index (κ3) is 4.24. The van der Waals surface area contributed by atoms with Crippen LogP contribution in [0.5, 0.6) is 0 Å². The lowest BCUT2D eigenvalue weighted by atomic mass is 9.84. The summed E-state index contributed by atoms with van der Waals surface area (Å²) in [6.45, 7) is 0. The predicted octanol–water partition coefficient (Wildman–Crippen LogP) is 2.17. The number of hydrogen-bond acceptors (Lipinski definition) is 4. The Hall–Kier alpha value is -1.26. The molecule has 1 aliphatic carbocycles. The van der Waals surface area contributed by atoms with E-state index in [1.807, 2.05) is 0 Å². The quantitative estimate of drug-likeness (QED) is 0.346. The summed E-state index contributed by atoms with van der Waals surface area (Å²) in [5.74, 6) is -0.309. The second kappa shape index (κ2) is 7.14. The molecule has 2 atom stereocenters. The predicted molar refractivity (Wildman–Crippen MR) is 62.1 cm³/mol. The number of hydrogen-bond donors (Lipinski definition) is 1. The number of rotatable bonds is 5. The maximum atomic E-state index is 11.2. The number of methoxy groups -OCH3 is 1. The minimum Gasteiger partial charge on any atom is -0.467 e. The molecule has 0 saturated heterocycles. The number of aliphatic hydroxyl groups is 1. The number of carbonyl (C=O) groups is 1. The Balaban J connectivity index is 2.58. The van der Waals surface area contributed by atoms with Crippen molar-refractivity contribution in [3.8, 4) is 0 Å². The second-order valence-electron chi connectivity index (χ2n) is 4.48. The van der Waals surface area contributed by atoms with Gasteiger partial charge in [-0.15, -0.1) is 0 Å². The van der Waals surface area contributed by atoms with Crippen LogP contribution < -0.4 is 0 Å². The fraction of sp³-hybridized carbons (Fsp3) is 0.909. The fourth-order valence-corrected chi connectivity index (χ4v) is 2.35. The van der Waals surface area contributed by atoms with Gasteiger partial charge in [-0.05, 0) is 17.9 Å². The Morgan fingerprint density at radius 3 is 2.71 bits per heavy atom. The normalized spacial score (nSPS) is 20.1. The smallest absolute Gasteiger partial charge is 0.335 e. The molecule has 0 radical (unpaired) electrons. The van der Waals surface area contributed by atoms with Crippen LogP contribution >= 0.6 is 0 Å². The van der Waals surface area contributed by atoms with E-state index in [0.29, 0.717) is 12.3 Å². The average molecular weight is 241 g/mol. The summed E-state index contributed by atoms with van der Waals surface area (Å²) < 4.78 is 4.46. The number of aliphatic hydroxyl groups excluding tert-OH is 1. The van der Waals surface area contributed by atoms with Crippen LogP contribution in [-0.4, -0.2) is 30.3 Å². The molecule has 6 heteroatoms. The molecule has 0 heterocycles. The molecule has 0 aromatic heterocycles. The van der Waals surface area contributed by atoms with E-state index in [9.17, 15) is 9.90 Å². The summed E-state index contributed by atoms with van der Waals surface area (Å²) >= 11 is 0. The number of ether oxygens (including phenoxy) is 1. The average Bonchev–Trinajstić information content (AvgIpc) is 2.37. The Morgan fingerprint density at radius 1 is 1.53 bits per heavy atom. The maximum absolute atomic E-state index is 11.2. The number of esters is 1. The zero-order valence-electron chi connectivity index (χ0n) is 10.1. The third-order valence-corrected chi connectivity index (χ3v) is 3.31. The second-order valence-corrected chi connectivity index (χ2v) is 4.48. The zero-order valence-corrected chi connectivity index (χ0v) is 10.1. The van der Waals surface area contributed by atoms with Crippen molar-refractivity contribution in [2.45, 2.75) is 50.7 Å². The molecule has 96 valence electrons. The lowest BCUT2D eigenvalue weighted by Crippen LogP contribution is -2.35. The first kappa shape index (κ1) is 13.8. The van der Waals surface area contributed by atoms with Crippen molar-refractivity contribution in [1.29, 1.82) is 0 Å².